The summed E-state index contributed by atoms with van der Waals surface area (Å²) in [7, 11) is 1.53. The van der Waals surface area contributed by atoms with E-state index in [1.807, 2.05) is 6.07 Å². The summed E-state index contributed by atoms with van der Waals surface area (Å²) in [4.78, 5) is 22.1. The van der Waals surface area contributed by atoms with Crippen LogP contribution in [0.5, 0.6) is 17.2 Å². The van der Waals surface area contributed by atoms with Crippen molar-refractivity contribution in [3.05, 3.63) is 53.6 Å². The van der Waals surface area contributed by atoms with Crippen molar-refractivity contribution in [2.45, 2.75) is 19.6 Å². The number of aliphatic hydroxyl groups excluding tert-OH is 1. The fourth-order valence-corrected chi connectivity index (χ4v) is 2.64. The molecule has 0 fully saturated rings. The first-order valence-corrected chi connectivity index (χ1v) is 9.84. The van der Waals surface area contributed by atoms with Crippen molar-refractivity contribution in [2.75, 3.05) is 33.4 Å². The van der Waals surface area contributed by atoms with Crippen LogP contribution in [-0.2, 0) is 11.3 Å². The number of methoxy groups -OCH3 is 1. The monoisotopic (exact) mass is 431 g/mol. The van der Waals surface area contributed by atoms with Crippen LogP contribution in [0.25, 0.3) is 0 Å². The molecule has 9 heteroatoms. The van der Waals surface area contributed by atoms with Crippen molar-refractivity contribution >= 4 is 11.8 Å². The fraction of sp³-hybridized carbons (Fsp3) is 0.364. The predicted molar refractivity (Wildman–Crippen MR) is 115 cm³/mol. The third-order valence-corrected chi connectivity index (χ3v) is 4.27. The molecule has 0 aliphatic carbocycles. The zero-order valence-corrected chi connectivity index (χ0v) is 17.7. The first kappa shape index (κ1) is 24.0. The quantitative estimate of drug-likeness (QED) is 0.346. The predicted octanol–water partition coefficient (Wildman–Crippen LogP) is 0.839. The lowest BCUT2D eigenvalue weighted by molar-refractivity contribution is -0.119. The van der Waals surface area contributed by atoms with Gasteiger partial charge in [-0.1, -0.05) is 6.07 Å². The van der Waals surface area contributed by atoms with Crippen molar-refractivity contribution in [2.24, 2.45) is 5.73 Å². The van der Waals surface area contributed by atoms with Crippen LogP contribution in [0.15, 0.2) is 42.5 Å². The van der Waals surface area contributed by atoms with Crippen LogP contribution in [0.1, 0.15) is 22.8 Å². The molecular weight excluding hydrogens is 402 g/mol. The number of carbonyl (C=O) groups is 2. The molecule has 0 aliphatic rings. The van der Waals surface area contributed by atoms with Gasteiger partial charge < -0.3 is 35.7 Å². The van der Waals surface area contributed by atoms with Gasteiger partial charge in [-0.15, -0.1) is 0 Å². The summed E-state index contributed by atoms with van der Waals surface area (Å²) in [6.07, 6.45) is -0.724. The molecule has 0 aromatic heterocycles. The van der Waals surface area contributed by atoms with E-state index < -0.39 is 12.0 Å². The largest absolute Gasteiger partial charge is 0.493 e. The van der Waals surface area contributed by atoms with Gasteiger partial charge in [0.25, 0.3) is 0 Å². The van der Waals surface area contributed by atoms with Gasteiger partial charge in [-0.2, -0.15) is 0 Å². The maximum absolute atomic E-state index is 11.0. The molecule has 0 bridgehead atoms. The number of carbonyl (C=O) groups excluding carboxylic acids is 2. The van der Waals surface area contributed by atoms with Gasteiger partial charge in [0.1, 0.15) is 25.1 Å². The van der Waals surface area contributed by atoms with E-state index in [4.69, 9.17) is 19.9 Å². The van der Waals surface area contributed by atoms with E-state index in [9.17, 15) is 14.7 Å². The highest BCUT2D eigenvalue weighted by Crippen LogP contribution is 2.28. The molecule has 1 unspecified atom stereocenters. The standard InChI is InChI=1S/C22H29N3O6/c1-15(26)25-12-16-3-8-20(21(11-16)29-2)31-14-18(27)13-24-9-10-30-19-6-4-17(5-7-19)22(23)28/h3-8,11,18,24,27H,9-10,12-14H2,1-2H3,(H2,23,28)(H,25,26). The van der Waals surface area contributed by atoms with Crippen LogP contribution in [-0.4, -0.2) is 56.4 Å². The van der Waals surface area contributed by atoms with E-state index in [0.717, 1.165) is 5.56 Å². The lowest BCUT2D eigenvalue weighted by Crippen LogP contribution is -2.33. The Bertz CT molecular complexity index is 857. The first-order chi connectivity index (χ1) is 14.9. The van der Waals surface area contributed by atoms with Gasteiger partial charge in [-0.3, -0.25) is 9.59 Å². The second-order valence-corrected chi connectivity index (χ2v) is 6.80. The third kappa shape index (κ3) is 8.53. The Morgan fingerprint density at radius 1 is 1.10 bits per heavy atom. The zero-order valence-electron chi connectivity index (χ0n) is 17.7. The highest BCUT2D eigenvalue weighted by molar-refractivity contribution is 5.92. The first-order valence-electron chi connectivity index (χ1n) is 9.84. The van der Waals surface area contributed by atoms with Crippen LogP contribution in [0.2, 0.25) is 0 Å². The molecule has 31 heavy (non-hydrogen) atoms. The second kappa shape index (κ2) is 12.4. The highest BCUT2D eigenvalue weighted by atomic mass is 16.5. The van der Waals surface area contributed by atoms with E-state index in [0.29, 0.717) is 49.1 Å². The Labute approximate surface area is 181 Å². The number of nitrogens with two attached hydrogens (primary N) is 1. The van der Waals surface area contributed by atoms with Crippen LogP contribution in [0.4, 0.5) is 0 Å². The minimum Gasteiger partial charge on any atom is -0.493 e. The van der Waals surface area contributed by atoms with Crippen molar-refractivity contribution in [1.29, 1.82) is 0 Å². The van der Waals surface area contributed by atoms with Gasteiger partial charge >= 0.3 is 0 Å². The van der Waals surface area contributed by atoms with Gasteiger partial charge in [-0.05, 0) is 42.0 Å². The lowest BCUT2D eigenvalue weighted by atomic mass is 10.2. The van der Waals surface area contributed by atoms with Crippen molar-refractivity contribution < 1.29 is 28.9 Å². The number of aliphatic hydroxyl groups is 1. The number of ether oxygens (including phenoxy) is 3. The smallest absolute Gasteiger partial charge is 0.248 e. The molecule has 2 aromatic rings. The summed E-state index contributed by atoms with van der Waals surface area (Å²) < 4.78 is 16.5. The zero-order chi connectivity index (χ0) is 22.6. The third-order valence-electron chi connectivity index (χ3n) is 4.27. The number of amides is 2. The molecule has 0 spiro atoms. The fourth-order valence-electron chi connectivity index (χ4n) is 2.64. The normalized spacial score (nSPS) is 11.5. The van der Waals surface area contributed by atoms with Crippen LogP contribution >= 0.6 is 0 Å². The van der Waals surface area contributed by atoms with Gasteiger partial charge in [0, 0.05) is 32.1 Å². The Morgan fingerprint density at radius 3 is 2.48 bits per heavy atom. The molecule has 0 radical (unpaired) electrons. The topological polar surface area (TPSA) is 132 Å². The molecule has 2 rings (SSSR count). The molecule has 2 amide bonds. The maximum atomic E-state index is 11.0. The second-order valence-electron chi connectivity index (χ2n) is 6.80. The summed E-state index contributed by atoms with van der Waals surface area (Å²) in [6, 6.07) is 11.9. The van der Waals surface area contributed by atoms with E-state index in [1.165, 1.54) is 14.0 Å². The van der Waals surface area contributed by atoms with Crippen molar-refractivity contribution in [1.82, 2.24) is 10.6 Å². The molecule has 9 nitrogen and oxygen atoms in total. The molecular formula is C22H29N3O6. The summed E-state index contributed by atoms with van der Waals surface area (Å²) >= 11 is 0. The highest BCUT2D eigenvalue weighted by Gasteiger charge is 2.10. The molecule has 1 atom stereocenters. The van der Waals surface area contributed by atoms with Gasteiger partial charge in [0.2, 0.25) is 11.8 Å². The average Bonchev–Trinajstić information content (AvgIpc) is 2.76. The van der Waals surface area contributed by atoms with Crippen molar-refractivity contribution in [3.8, 4) is 17.2 Å². The van der Waals surface area contributed by atoms with Crippen LogP contribution in [0.3, 0.4) is 0 Å². The van der Waals surface area contributed by atoms with Gasteiger partial charge in [0.05, 0.1) is 7.11 Å². The number of hydrogen-bond acceptors (Lipinski definition) is 7. The van der Waals surface area contributed by atoms with Crippen LogP contribution in [0, 0.1) is 0 Å². The molecule has 5 N–H and O–H groups in total. The van der Waals surface area contributed by atoms with Gasteiger partial charge in [-0.25, -0.2) is 0 Å². The Morgan fingerprint density at radius 2 is 1.84 bits per heavy atom. The molecule has 168 valence electrons. The number of rotatable bonds is 13. The Balaban J connectivity index is 1.67. The summed E-state index contributed by atoms with van der Waals surface area (Å²) in [6.45, 7) is 3.19. The number of primary amides is 1. The molecule has 0 saturated heterocycles. The average molecular weight is 431 g/mol. The van der Waals surface area contributed by atoms with E-state index in [-0.39, 0.29) is 12.5 Å². The summed E-state index contributed by atoms with van der Waals surface area (Å²) in [5.74, 6) is 1.07. The molecule has 0 heterocycles. The Kier molecular flexibility index (Phi) is 9.60. The molecule has 0 aliphatic heterocycles. The maximum Gasteiger partial charge on any atom is 0.248 e. The lowest BCUT2D eigenvalue weighted by Gasteiger charge is -2.16. The minimum absolute atomic E-state index is 0.0871. The van der Waals surface area contributed by atoms with Crippen molar-refractivity contribution in [3.63, 3.8) is 0 Å². The number of hydrogen-bond donors (Lipinski definition) is 4. The minimum atomic E-state index is -0.724. The molecule has 2 aromatic carbocycles. The van der Waals surface area contributed by atoms with Crippen LogP contribution < -0.4 is 30.6 Å². The number of benzene rings is 2. The molecule has 0 saturated carbocycles. The number of nitrogens with one attached hydrogen (secondary N) is 2. The van der Waals surface area contributed by atoms with E-state index in [2.05, 4.69) is 10.6 Å². The summed E-state index contributed by atoms with van der Waals surface area (Å²) in [5.41, 5.74) is 6.50. The Hall–Kier alpha value is -3.30. The van der Waals surface area contributed by atoms with E-state index >= 15 is 0 Å². The summed E-state index contributed by atoms with van der Waals surface area (Å²) in [5, 5.41) is 15.9. The SMILES string of the molecule is COc1cc(CNC(C)=O)ccc1OCC(O)CNCCOc1ccc(C(N)=O)cc1. The van der Waals surface area contributed by atoms with E-state index in [1.54, 1.807) is 36.4 Å². The van der Waals surface area contributed by atoms with Gasteiger partial charge in [0.15, 0.2) is 11.5 Å².